The van der Waals surface area contributed by atoms with Gasteiger partial charge in [-0.15, -0.1) is 0 Å². The fourth-order valence-corrected chi connectivity index (χ4v) is 2.10. The zero-order valence-corrected chi connectivity index (χ0v) is 12.9. The van der Waals surface area contributed by atoms with Crippen molar-refractivity contribution in [3.05, 3.63) is 23.8 Å². The Labute approximate surface area is 125 Å². The van der Waals surface area contributed by atoms with Gasteiger partial charge in [0, 0.05) is 19.5 Å². The molecular weight excluding hydrogens is 270 g/mol. The van der Waals surface area contributed by atoms with E-state index >= 15 is 0 Å². The molecule has 0 bridgehead atoms. The van der Waals surface area contributed by atoms with Crippen LogP contribution < -0.4 is 9.64 Å². The number of hydrogen-bond donors (Lipinski definition) is 1. The van der Waals surface area contributed by atoms with Crippen LogP contribution in [-0.4, -0.2) is 30.1 Å². The van der Waals surface area contributed by atoms with E-state index in [1.165, 1.54) is 6.07 Å². The lowest BCUT2D eigenvalue weighted by molar-refractivity contribution is -0.134. The lowest BCUT2D eigenvalue weighted by Crippen LogP contribution is -2.24. The summed E-state index contributed by atoms with van der Waals surface area (Å²) in [5.41, 5.74) is 0.661. The number of carbonyl (C=O) groups excluding carboxylic acids is 1. The van der Waals surface area contributed by atoms with Crippen molar-refractivity contribution in [3.8, 4) is 5.75 Å². The molecule has 0 aliphatic heterocycles. The third-order valence-electron chi connectivity index (χ3n) is 3.28. The molecule has 0 atom stereocenters. The number of benzene rings is 1. The number of anilines is 1. The van der Waals surface area contributed by atoms with E-state index in [0.29, 0.717) is 25.2 Å². The largest absolute Gasteiger partial charge is 0.478 e. The highest BCUT2D eigenvalue weighted by atomic mass is 16.5. The Morgan fingerprint density at radius 1 is 1.19 bits per heavy atom. The second kappa shape index (κ2) is 8.29. The molecule has 0 fully saturated rings. The van der Waals surface area contributed by atoms with Gasteiger partial charge in [-0.25, -0.2) is 4.79 Å². The van der Waals surface area contributed by atoms with Gasteiger partial charge in [-0.1, -0.05) is 19.4 Å². The molecule has 0 heterocycles. The van der Waals surface area contributed by atoms with Gasteiger partial charge in [0.15, 0.2) is 5.75 Å². The minimum Gasteiger partial charge on any atom is -0.478 e. The van der Waals surface area contributed by atoms with Crippen molar-refractivity contribution in [1.29, 1.82) is 0 Å². The quantitative estimate of drug-likeness (QED) is 0.588. The fourth-order valence-electron chi connectivity index (χ4n) is 2.10. The Morgan fingerprint density at radius 3 is 2.38 bits per heavy atom. The fraction of sp³-hybridized carbons (Fsp3) is 0.500. The highest BCUT2D eigenvalue weighted by Crippen LogP contribution is 2.32. The van der Waals surface area contributed by atoms with E-state index in [2.05, 4.69) is 0 Å². The van der Waals surface area contributed by atoms with Crippen LogP contribution in [0.3, 0.4) is 0 Å². The van der Waals surface area contributed by atoms with Crippen LogP contribution >= 0.6 is 0 Å². The molecule has 116 valence electrons. The molecule has 21 heavy (non-hydrogen) atoms. The smallest absolute Gasteiger partial charge is 0.339 e. The third kappa shape index (κ3) is 4.48. The van der Waals surface area contributed by atoms with E-state index in [-0.39, 0.29) is 17.3 Å². The molecule has 0 saturated carbocycles. The van der Waals surface area contributed by atoms with Gasteiger partial charge in [0.2, 0.25) is 0 Å². The lowest BCUT2D eigenvalue weighted by Gasteiger charge is -2.24. The Hall–Kier alpha value is -2.04. The third-order valence-corrected chi connectivity index (χ3v) is 3.28. The molecule has 1 aromatic carbocycles. The van der Waals surface area contributed by atoms with Crippen LogP contribution in [0.1, 0.15) is 50.4 Å². The van der Waals surface area contributed by atoms with Gasteiger partial charge in [0.25, 0.3) is 0 Å². The number of hydrogen-bond acceptors (Lipinski definition) is 4. The monoisotopic (exact) mass is 293 g/mol. The molecule has 0 aliphatic rings. The van der Waals surface area contributed by atoms with Crippen molar-refractivity contribution in [3.63, 3.8) is 0 Å². The SMILES string of the molecule is CCCCC(=O)Oc1c(C(=O)O)cccc1N(CC)CC. The maximum absolute atomic E-state index is 11.9. The van der Waals surface area contributed by atoms with E-state index < -0.39 is 5.97 Å². The zero-order chi connectivity index (χ0) is 15.8. The van der Waals surface area contributed by atoms with E-state index in [9.17, 15) is 14.7 Å². The van der Waals surface area contributed by atoms with Crippen LogP contribution in [0.5, 0.6) is 5.75 Å². The van der Waals surface area contributed by atoms with Gasteiger partial charge >= 0.3 is 11.9 Å². The van der Waals surface area contributed by atoms with Gasteiger partial charge < -0.3 is 14.7 Å². The molecule has 0 aromatic heterocycles. The van der Waals surface area contributed by atoms with E-state index in [1.54, 1.807) is 12.1 Å². The average Bonchev–Trinajstić information content (AvgIpc) is 2.47. The minimum atomic E-state index is -1.10. The van der Waals surface area contributed by atoms with E-state index in [1.807, 2.05) is 25.7 Å². The first-order valence-corrected chi connectivity index (χ1v) is 7.37. The topological polar surface area (TPSA) is 66.8 Å². The van der Waals surface area contributed by atoms with Crippen molar-refractivity contribution in [1.82, 2.24) is 0 Å². The Morgan fingerprint density at radius 2 is 1.86 bits per heavy atom. The Kier molecular flexibility index (Phi) is 6.72. The van der Waals surface area contributed by atoms with Crippen molar-refractivity contribution in [2.24, 2.45) is 0 Å². The highest BCUT2D eigenvalue weighted by Gasteiger charge is 2.20. The highest BCUT2D eigenvalue weighted by molar-refractivity contribution is 5.95. The van der Waals surface area contributed by atoms with Crippen LogP contribution in [0.2, 0.25) is 0 Å². The predicted molar refractivity (Wildman–Crippen MR) is 82.1 cm³/mol. The molecule has 1 rings (SSSR count). The number of aromatic carboxylic acids is 1. The number of carboxylic acids is 1. The molecule has 1 N–H and O–H groups in total. The molecule has 0 spiro atoms. The Balaban J connectivity index is 3.17. The second-order valence-electron chi connectivity index (χ2n) is 4.71. The molecule has 0 saturated heterocycles. The van der Waals surface area contributed by atoms with Crippen LogP contribution in [0.15, 0.2) is 18.2 Å². The molecule has 0 aliphatic carbocycles. The van der Waals surface area contributed by atoms with Crippen LogP contribution in [-0.2, 0) is 4.79 Å². The van der Waals surface area contributed by atoms with Crippen LogP contribution in [0.4, 0.5) is 5.69 Å². The lowest BCUT2D eigenvalue weighted by atomic mass is 10.1. The molecule has 5 heteroatoms. The van der Waals surface area contributed by atoms with Crippen LogP contribution in [0.25, 0.3) is 0 Å². The van der Waals surface area contributed by atoms with Gasteiger partial charge in [0.1, 0.15) is 5.56 Å². The predicted octanol–water partition coefficient (Wildman–Crippen LogP) is 3.33. The summed E-state index contributed by atoms with van der Waals surface area (Å²) in [6.07, 6.45) is 1.91. The van der Waals surface area contributed by atoms with E-state index in [4.69, 9.17) is 4.74 Å². The molecule has 0 amide bonds. The van der Waals surface area contributed by atoms with Crippen molar-refractivity contribution in [2.45, 2.75) is 40.0 Å². The number of carbonyl (C=O) groups is 2. The van der Waals surface area contributed by atoms with Gasteiger partial charge in [-0.05, 0) is 32.4 Å². The van der Waals surface area contributed by atoms with Gasteiger partial charge in [-0.2, -0.15) is 0 Å². The number of para-hydroxylation sites is 1. The number of esters is 1. The van der Waals surface area contributed by atoms with Crippen LogP contribution in [0, 0.1) is 0 Å². The maximum atomic E-state index is 11.9. The van der Waals surface area contributed by atoms with Gasteiger partial charge in [-0.3, -0.25) is 4.79 Å². The van der Waals surface area contributed by atoms with Crippen molar-refractivity contribution < 1.29 is 19.4 Å². The normalized spacial score (nSPS) is 10.2. The molecule has 1 aromatic rings. The summed E-state index contributed by atoms with van der Waals surface area (Å²) in [7, 11) is 0. The molecule has 5 nitrogen and oxygen atoms in total. The first-order chi connectivity index (χ1) is 10.0. The zero-order valence-electron chi connectivity index (χ0n) is 12.9. The maximum Gasteiger partial charge on any atom is 0.339 e. The van der Waals surface area contributed by atoms with Crippen molar-refractivity contribution in [2.75, 3.05) is 18.0 Å². The van der Waals surface area contributed by atoms with Crippen molar-refractivity contribution >= 4 is 17.6 Å². The summed E-state index contributed by atoms with van der Waals surface area (Å²) in [5, 5.41) is 9.30. The standard InChI is InChI=1S/C16H23NO4/c1-4-7-11-14(18)21-15-12(16(19)20)9-8-10-13(15)17(5-2)6-3/h8-10H,4-7,11H2,1-3H3,(H,19,20). The summed E-state index contributed by atoms with van der Waals surface area (Å²) in [5.74, 6) is -1.34. The molecule has 0 radical (unpaired) electrons. The number of rotatable bonds is 8. The number of carboxylic acid groups (broad SMARTS) is 1. The van der Waals surface area contributed by atoms with E-state index in [0.717, 1.165) is 12.8 Å². The average molecular weight is 293 g/mol. The first-order valence-electron chi connectivity index (χ1n) is 7.37. The molecular formula is C16H23NO4. The minimum absolute atomic E-state index is 0.0178. The summed E-state index contributed by atoms with van der Waals surface area (Å²) in [6, 6.07) is 4.90. The summed E-state index contributed by atoms with van der Waals surface area (Å²) < 4.78 is 5.36. The first kappa shape index (κ1) is 17.0. The Bertz CT molecular complexity index is 495. The van der Waals surface area contributed by atoms with Gasteiger partial charge in [0.05, 0.1) is 5.69 Å². The number of unbranched alkanes of at least 4 members (excludes halogenated alkanes) is 1. The molecule has 0 unspecified atom stereocenters. The summed E-state index contributed by atoms with van der Waals surface area (Å²) in [6.45, 7) is 7.34. The second-order valence-corrected chi connectivity index (χ2v) is 4.71. The number of nitrogens with zero attached hydrogens (tertiary/aromatic N) is 1. The summed E-state index contributed by atoms with van der Waals surface area (Å²) >= 11 is 0. The summed E-state index contributed by atoms with van der Waals surface area (Å²) in [4.78, 5) is 25.2. The number of ether oxygens (including phenoxy) is 1.